The van der Waals surface area contributed by atoms with E-state index in [1.807, 2.05) is 0 Å². The van der Waals surface area contributed by atoms with Gasteiger partial charge in [0.25, 0.3) is 0 Å². The van der Waals surface area contributed by atoms with Gasteiger partial charge in [-0.2, -0.15) is 0 Å². The minimum absolute atomic E-state index is 0.667. The van der Waals surface area contributed by atoms with Crippen LogP contribution in [0, 0.1) is 5.41 Å². The predicted octanol–water partition coefficient (Wildman–Crippen LogP) is 0.363. The molecule has 1 spiro atoms. The minimum atomic E-state index is 0.667. The van der Waals surface area contributed by atoms with Crippen LogP contribution >= 0.6 is 0 Å². The van der Waals surface area contributed by atoms with Crippen LogP contribution in [0.5, 0.6) is 0 Å². The number of hydrogen-bond acceptors (Lipinski definition) is 3. The molecule has 0 aromatic rings. The number of nitrogens with zero attached hydrogens (tertiary/aromatic N) is 2. The first-order valence-corrected chi connectivity index (χ1v) is 5.85. The molecule has 0 atom stereocenters. The third kappa shape index (κ3) is 2.10. The molecule has 0 aliphatic carbocycles. The summed E-state index contributed by atoms with van der Waals surface area (Å²) in [7, 11) is 2.25. The lowest BCUT2D eigenvalue weighted by Crippen LogP contribution is -2.43. The fourth-order valence-electron chi connectivity index (χ4n) is 3.00. The molecule has 0 saturated carbocycles. The molecule has 2 rings (SSSR count). The molecule has 3 heteroatoms. The molecule has 2 heterocycles. The Hall–Kier alpha value is -0.120. The molecule has 2 N–H and O–H groups in total. The van der Waals surface area contributed by atoms with Crippen molar-refractivity contribution in [1.29, 1.82) is 0 Å². The Bertz CT molecular complexity index is 185. The quantitative estimate of drug-likeness (QED) is 0.694. The molecule has 14 heavy (non-hydrogen) atoms. The highest BCUT2D eigenvalue weighted by Gasteiger charge is 2.38. The van der Waals surface area contributed by atoms with Crippen molar-refractivity contribution in [2.24, 2.45) is 11.1 Å². The Morgan fingerprint density at radius 1 is 1.14 bits per heavy atom. The first-order valence-electron chi connectivity index (χ1n) is 5.85. The maximum absolute atomic E-state index is 5.58. The average molecular weight is 197 g/mol. The minimum Gasteiger partial charge on any atom is -0.329 e. The standard InChI is InChI=1S/C11H23N3/c1-13-6-2-11(10-13)3-7-14(8-4-11)9-5-12/h2-10,12H2,1H3. The van der Waals surface area contributed by atoms with Crippen LogP contribution in [-0.2, 0) is 0 Å². The van der Waals surface area contributed by atoms with Crippen molar-refractivity contribution in [3.8, 4) is 0 Å². The molecule has 2 saturated heterocycles. The predicted molar refractivity (Wildman–Crippen MR) is 59.3 cm³/mol. The first kappa shape index (κ1) is 10.4. The summed E-state index contributed by atoms with van der Waals surface area (Å²) >= 11 is 0. The Kier molecular flexibility index (Phi) is 3.10. The smallest absolute Gasteiger partial charge is 0.0105 e. The van der Waals surface area contributed by atoms with Crippen LogP contribution < -0.4 is 5.73 Å². The zero-order valence-electron chi connectivity index (χ0n) is 9.34. The van der Waals surface area contributed by atoms with Gasteiger partial charge < -0.3 is 15.5 Å². The van der Waals surface area contributed by atoms with Gasteiger partial charge in [0.2, 0.25) is 0 Å². The Balaban J connectivity index is 1.83. The summed E-state index contributed by atoms with van der Waals surface area (Å²) in [6.07, 6.45) is 4.19. The Morgan fingerprint density at radius 2 is 1.79 bits per heavy atom. The first-order chi connectivity index (χ1) is 6.74. The highest BCUT2D eigenvalue weighted by Crippen LogP contribution is 2.39. The average Bonchev–Trinajstić information content (AvgIpc) is 2.53. The summed E-state index contributed by atoms with van der Waals surface area (Å²) in [5.41, 5.74) is 6.24. The van der Waals surface area contributed by atoms with Crippen LogP contribution in [0.15, 0.2) is 0 Å². The van der Waals surface area contributed by atoms with Crippen molar-refractivity contribution < 1.29 is 0 Å². The fraction of sp³-hybridized carbons (Fsp3) is 1.00. The van der Waals surface area contributed by atoms with Crippen LogP contribution in [0.4, 0.5) is 0 Å². The molecule has 0 amide bonds. The summed E-state index contributed by atoms with van der Waals surface area (Å²) in [5.74, 6) is 0. The van der Waals surface area contributed by atoms with Gasteiger partial charge in [-0.25, -0.2) is 0 Å². The van der Waals surface area contributed by atoms with Gasteiger partial charge >= 0.3 is 0 Å². The Morgan fingerprint density at radius 3 is 2.29 bits per heavy atom. The third-order valence-electron chi connectivity index (χ3n) is 3.99. The van der Waals surface area contributed by atoms with E-state index in [1.54, 1.807) is 0 Å². The van der Waals surface area contributed by atoms with E-state index in [9.17, 15) is 0 Å². The topological polar surface area (TPSA) is 32.5 Å². The lowest BCUT2D eigenvalue weighted by molar-refractivity contribution is 0.113. The van der Waals surface area contributed by atoms with Crippen LogP contribution in [0.1, 0.15) is 19.3 Å². The molecule has 0 bridgehead atoms. The molecule has 82 valence electrons. The van der Waals surface area contributed by atoms with Crippen molar-refractivity contribution in [2.75, 3.05) is 46.3 Å². The summed E-state index contributed by atoms with van der Waals surface area (Å²) in [6.45, 7) is 7.06. The van der Waals surface area contributed by atoms with Gasteiger partial charge in [0.05, 0.1) is 0 Å². The third-order valence-corrected chi connectivity index (χ3v) is 3.99. The monoisotopic (exact) mass is 197 g/mol. The van der Waals surface area contributed by atoms with Crippen molar-refractivity contribution in [1.82, 2.24) is 9.80 Å². The number of nitrogens with two attached hydrogens (primary N) is 1. The van der Waals surface area contributed by atoms with E-state index in [0.29, 0.717) is 5.41 Å². The van der Waals surface area contributed by atoms with E-state index >= 15 is 0 Å². The number of rotatable bonds is 2. The molecular weight excluding hydrogens is 174 g/mol. The van der Waals surface area contributed by atoms with Crippen LogP contribution in [0.25, 0.3) is 0 Å². The highest BCUT2D eigenvalue weighted by atomic mass is 15.2. The van der Waals surface area contributed by atoms with E-state index < -0.39 is 0 Å². The van der Waals surface area contributed by atoms with E-state index in [0.717, 1.165) is 13.1 Å². The van der Waals surface area contributed by atoms with E-state index in [-0.39, 0.29) is 0 Å². The highest BCUT2D eigenvalue weighted by molar-refractivity contribution is 4.92. The van der Waals surface area contributed by atoms with Crippen LogP contribution in [0.2, 0.25) is 0 Å². The molecule has 0 aromatic carbocycles. The second-order valence-corrected chi connectivity index (χ2v) is 5.12. The summed E-state index contributed by atoms with van der Waals surface area (Å²) in [4.78, 5) is 5.00. The zero-order valence-corrected chi connectivity index (χ0v) is 9.34. The maximum atomic E-state index is 5.58. The second kappa shape index (κ2) is 4.17. The molecule has 2 aliphatic heterocycles. The molecule has 0 radical (unpaired) electrons. The zero-order chi connectivity index (χ0) is 10.0. The summed E-state index contributed by atoms with van der Waals surface area (Å²) in [5, 5.41) is 0. The Labute approximate surface area is 87.2 Å². The fourth-order valence-corrected chi connectivity index (χ4v) is 3.00. The van der Waals surface area contributed by atoms with E-state index in [4.69, 9.17) is 5.73 Å². The van der Waals surface area contributed by atoms with Crippen LogP contribution in [-0.4, -0.2) is 56.1 Å². The number of likely N-dealkylation sites (tertiary alicyclic amines) is 2. The van der Waals surface area contributed by atoms with Crippen molar-refractivity contribution in [2.45, 2.75) is 19.3 Å². The van der Waals surface area contributed by atoms with Crippen LogP contribution in [0.3, 0.4) is 0 Å². The largest absolute Gasteiger partial charge is 0.329 e. The van der Waals surface area contributed by atoms with Gasteiger partial charge in [0.1, 0.15) is 0 Å². The van der Waals surface area contributed by atoms with Crippen molar-refractivity contribution in [3.63, 3.8) is 0 Å². The molecule has 2 fully saturated rings. The van der Waals surface area contributed by atoms with Crippen molar-refractivity contribution >= 4 is 0 Å². The van der Waals surface area contributed by atoms with Gasteiger partial charge in [-0.3, -0.25) is 0 Å². The molecule has 3 nitrogen and oxygen atoms in total. The van der Waals surface area contributed by atoms with E-state index in [2.05, 4.69) is 16.8 Å². The second-order valence-electron chi connectivity index (χ2n) is 5.12. The molecule has 2 aliphatic rings. The van der Waals surface area contributed by atoms with Gasteiger partial charge in [-0.1, -0.05) is 0 Å². The lowest BCUT2D eigenvalue weighted by atomic mass is 9.78. The molecular formula is C11H23N3. The van der Waals surface area contributed by atoms with Crippen molar-refractivity contribution in [3.05, 3.63) is 0 Å². The van der Waals surface area contributed by atoms with Gasteiger partial charge in [-0.15, -0.1) is 0 Å². The summed E-state index contributed by atoms with van der Waals surface area (Å²) < 4.78 is 0. The van der Waals surface area contributed by atoms with Gasteiger partial charge in [0, 0.05) is 19.6 Å². The van der Waals surface area contributed by atoms with E-state index in [1.165, 1.54) is 45.4 Å². The summed E-state index contributed by atoms with van der Waals surface area (Å²) in [6, 6.07) is 0. The van der Waals surface area contributed by atoms with Gasteiger partial charge in [0.15, 0.2) is 0 Å². The number of piperidine rings is 1. The lowest BCUT2D eigenvalue weighted by Gasteiger charge is -2.39. The van der Waals surface area contributed by atoms with Gasteiger partial charge in [-0.05, 0) is 51.4 Å². The number of hydrogen-bond donors (Lipinski definition) is 1. The molecule has 0 aromatic heterocycles. The normalized spacial score (nSPS) is 28.7. The molecule has 0 unspecified atom stereocenters. The SMILES string of the molecule is CN1CCC2(CCN(CCN)CC2)C1. The maximum Gasteiger partial charge on any atom is 0.0105 e.